The van der Waals surface area contributed by atoms with Gasteiger partial charge in [-0.15, -0.1) is 11.3 Å². The van der Waals surface area contributed by atoms with Gasteiger partial charge < -0.3 is 10.4 Å². The number of carbonyl (C=O) groups is 1. The zero-order valence-electron chi connectivity index (χ0n) is 18.6. The summed E-state index contributed by atoms with van der Waals surface area (Å²) in [5.41, 5.74) is 1.54. The third-order valence-corrected chi connectivity index (χ3v) is 8.22. The summed E-state index contributed by atoms with van der Waals surface area (Å²) in [4.78, 5) is 31.8. The van der Waals surface area contributed by atoms with Crippen molar-refractivity contribution in [3.8, 4) is 16.9 Å². The number of hydrogen-bond acceptors (Lipinski definition) is 7. The van der Waals surface area contributed by atoms with Gasteiger partial charge in [0.15, 0.2) is 9.84 Å². The first kappa shape index (κ1) is 23.7. The monoisotopic (exact) mass is 497 g/mol. The van der Waals surface area contributed by atoms with Crippen molar-refractivity contribution < 1.29 is 18.3 Å². The molecule has 34 heavy (non-hydrogen) atoms. The van der Waals surface area contributed by atoms with Crippen LogP contribution in [0.5, 0.6) is 5.75 Å². The Morgan fingerprint density at radius 1 is 1.18 bits per heavy atom. The number of sulfone groups is 1. The smallest absolute Gasteiger partial charge is 0.262 e. The van der Waals surface area contributed by atoms with Crippen molar-refractivity contribution in [3.63, 3.8) is 0 Å². The second-order valence-corrected chi connectivity index (χ2v) is 11.2. The first-order valence-electron chi connectivity index (χ1n) is 10.6. The molecule has 2 N–H and O–H groups in total. The molecule has 2 heterocycles. The van der Waals surface area contributed by atoms with Crippen LogP contribution in [-0.2, 0) is 21.2 Å². The lowest BCUT2D eigenvalue weighted by Gasteiger charge is -2.10. The Kier molecular flexibility index (Phi) is 6.54. The highest BCUT2D eigenvalue weighted by atomic mass is 32.2. The van der Waals surface area contributed by atoms with E-state index in [0.29, 0.717) is 10.2 Å². The van der Waals surface area contributed by atoms with Crippen LogP contribution in [0.1, 0.15) is 18.2 Å². The molecule has 2 aromatic carbocycles. The predicted molar refractivity (Wildman–Crippen MR) is 133 cm³/mol. The van der Waals surface area contributed by atoms with E-state index in [9.17, 15) is 23.1 Å². The molecule has 0 aliphatic carbocycles. The minimum absolute atomic E-state index is 0.000252. The molecule has 0 fully saturated rings. The topological polar surface area (TPSA) is 118 Å². The van der Waals surface area contributed by atoms with Crippen LogP contribution in [-0.4, -0.2) is 34.7 Å². The number of nitrogens with one attached hydrogen (secondary N) is 1. The van der Waals surface area contributed by atoms with Gasteiger partial charge in [0.1, 0.15) is 10.6 Å². The Morgan fingerprint density at radius 3 is 2.62 bits per heavy atom. The summed E-state index contributed by atoms with van der Waals surface area (Å²) in [6.07, 6.45) is 1.36. The first-order valence-corrected chi connectivity index (χ1v) is 13.1. The Bertz CT molecular complexity index is 1540. The van der Waals surface area contributed by atoms with E-state index in [2.05, 4.69) is 10.3 Å². The molecule has 0 unspecified atom stereocenters. The van der Waals surface area contributed by atoms with Crippen molar-refractivity contribution in [1.29, 1.82) is 0 Å². The number of anilines is 1. The van der Waals surface area contributed by atoms with Crippen LogP contribution < -0.4 is 10.9 Å². The maximum atomic E-state index is 13.2. The fourth-order valence-electron chi connectivity index (χ4n) is 3.66. The maximum absolute atomic E-state index is 13.2. The predicted octanol–water partition coefficient (Wildman–Crippen LogP) is 3.96. The van der Waals surface area contributed by atoms with Gasteiger partial charge >= 0.3 is 0 Å². The van der Waals surface area contributed by atoms with E-state index in [1.165, 1.54) is 47.4 Å². The second kappa shape index (κ2) is 9.40. The lowest BCUT2D eigenvalue weighted by atomic mass is 10.0. The van der Waals surface area contributed by atoms with Gasteiger partial charge in [-0.05, 0) is 30.7 Å². The Labute approximate surface area is 200 Å². The highest BCUT2D eigenvalue weighted by Gasteiger charge is 2.18. The molecule has 4 rings (SSSR count). The van der Waals surface area contributed by atoms with Crippen molar-refractivity contribution in [2.75, 3.05) is 11.1 Å². The molecule has 0 spiro atoms. The van der Waals surface area contributed by atoms with Gasteiger partial charge in [0.25, 0.3) is 5.56 Å². The minimum atomic E-state index is -3.50. The van der Waals surface area contributed by atoms with E-state index in [1.807, 2.05) is 37.3 Å². The number of nitrogens with zero attached hydrogens (tertiary/aromatic N) is 2. The largest absolute Gasteiger partial charge is 0.506 e. The van der Waals surface area contributed by atoms with Crippen molar-refractivity contribution in [1.82, 2.24) is 9.55 Å². The van der Waals surface area contributed by atoms with E-state index in [4.69, 9.17) is 0 Å². The van der Waals surface area contributed by atoms with E-state index in [-0.39, 0.29) is 40.6 Å². The van der Waals surface area contributed by atoms with E-state index < -0.39 is 15.7 Å². The Hall–Kier alpha value is -3.50. The Morgan fingerprint density at radius 2 is 1.91 bits per heavy atom. The highest BCUT2D eigenvalue weighted by molar-refractivity contribution is 7.91. The number of aromatic hydroxyl groups is 1. The van der Waals surface area contributed by atoms with Gasteiger partial charge in [0, 0.05) is 23.4 Å². The van der Waals surface area contributed by atoms with Gasteiger partial charge in [-0.25, -0.2) is 13.4 Å². The molecule has 0 saturated heterocycles. The molecule has 4 aromatic rings. The number of amides is 1. The Balaban J connectivity index is 1.57. The van der Waals surface area contributed by atoms with Crippen LogP contribution in [0.25, 0.3) is 21.3 Å². The van der Waals surface area contributed by atoms with Crippen LogP contribution in [0.3, 0.4) is 0 Å². The molecule has 2 aromatic heterocycles. The zero-order valence-corrected chi connectivity index (χ0v) is 20.2. The molecule has 176 valence electrons. The number of fused-ring (bicyclic) bond motifs is 1. The lowest BCUT2D eigenvalue weighted by Crippen LogP contribution is -2.23. The summed E-state index contributed by atoms with van der Waals surface area (Å²) in [6.45, 7) is 3.54. The molecule has 0 saturated carbocycles. The van der Waals surface area contributed by atoms with E-state index >= 15 is 0 Å². The summed E-state index contributed by atoms with van der Waals surface area (Å²) in [7, 11) is -3.50. The molecule has 0 bridgehead atoms. The van der Waals surface area contributed by atoms with Crippen molar-refractivity contribution in [2.24, 2.45) is 0 Å². The van der Waals surface area contributed by atoms with Crippen LogP contribution in [0, 0.1) is 6.92 Å². The molecule has 0 aliphatic rings. The normalized spacial score (nSPS) is 11.6. The van der Waals surface area contributed by atoms with Gasteiger partial charge in [0.2, 0.25) is 5.91 Å². The molecule has 10 heteroatoms. The molecule has 0 aliphatic heterocycles. The fourth-order valence-corrected chi connectivity index (χ4v) is 5.57. The third kappa shape index (κ3) is 4.59. The van der Waals surface area contributed by atoms with Crippen molar-refractivity contribution in [2.45, 2.75) is 31.7 Å². The standard InChI is InChI=1S/C24H23N3O5S2/c1-3-34(31,32)17-9-10-19(28)18(13-17)26-20(29)11-12-27-14-25-23-22(24(27)30)21(15(2)33-23)16-7-5-4-6-8-16/h4-10,13-14,28H,3,11-12H2,1-2H3,(H,26,29). The summed E-state index contributed by atoms with van der Waals surface area (Å²) in [5.74, 6) is -0.820. The zero-order chi connectivity index (χ0) is 24.5. The number of aryl methyl sites for hydroxylation is 2. The molecular weight excluding hydrogens is 474 g/mol. The fraction of sp³-hybridized carbons (Fsp3) is 0.208. The number of phenolic OH excluding ortho intramolecular Hbond substituents is 1. The molecule has 0 radical (unpaired) electrons. The number of aromatic nitrogens is 2. The van der Waals surface area contributed by atoms with Crippen molar-refractivity contribution in [3.05, 3.63) is 70.1 Å². The van der Waals surface area contributed by atoms with Gasteiger partial charge in [-0.3, -0.25) is 14.2 Å². The number of thiophene rings is 1. The maximum Gasteiger partial charge on any atom is 0.262 e. The first-order chi connectivity index (χ1) is 16.2. The van der Waals surface area contributed by atoms with E-state index in [0.717, 1.165) is 16.0 Å². The third-order valence-electron chi connectivity index (χ3n) is 5.48. The number of hydrogen-bond donors (Lipinski definition) is 2. The highest BCUT2D eigenvalue weighted by Crippen LogP contribution is 2.35. The van der Waals surface area contributed by atoms with Crippen LogP contribution in [0.4, 0.5) is 5.69 Å². The lowest BCUT2D eigenvalue weighted by molar-refractivity contribution is -0.116. The number of phenols is 1. The SMILES string of the molecule is CCS(=O)(=O)c1ccc(O)c(NC(=O)CCn2cnc3sc(C)c(-c4ccccc4)c3c2=O)c1. The van der Waals surface area contributed by atoms with Gasteiger partial charge in [0.05, 0.1) is 28.0 Å². The molecule has 1 amide bonds. The quantitative estimate of drug-likeness (QED) is 0.373. The molecule has 0 atom stereocenters. The summed E-state index contributed by atoms with van der Waals surface area (Å²) >= 11 is 1.45. The molecular formula is C24H23N3O5S2. The second-order valence-electron chi connectivity index (χ2n) is 7.70. The summed E-state index contributed by atoms with van der Waals surface area (Å²) in [5, 5.41) is 13.1. The van der Waals surface area contributed by atoms with Crippen molar-refractivity contribution >= 4 is 43.0 Å². The van der Waals surface area contributed by atoms with Crippen LogP contribution in [0.15, 0.2) is 64.5 Å². The van der Waals surface area contributed by atoms with Gasteiger partial charge in [-0.2, -0.15) is 0 Å². The van der Waals surface area contributed by atoms with Crippen LogP contribution >= 0.6 is 11.3 Å². The minimum Gasteiger partial charge on any atom is -0.506 e. The summed E-state index contributed by atoms with van der Waals surface area (Å²) < 4.78 is 25.6. The number of carbonyl (C=O) groups excluding carboxylic acids is 1. The van der Waals surface area contributed by atoms with Crippen LogP contribution in [0.2, 0.25) is 0 Å². The average Bonchev–Trinajstić information content (AvgIpc) is 3.17. The average molecular weight is 498 g/mol. The summed E-state index contributed by atoms with van der Waals surface area (Å²) in [6, 6.07) is 13.4. The number of rotatable bonds is 7. The number of benzene rings is 2. The molecule has 8 nitrogen and oxygen atoms in total. The van der Waals surface area contributed by atoms with E-state index in [1.54, 1.807) is 0 Å². The van der Waals surface area contributed by atoms with Gasteiger partial charge in [-0.1, -0.05) is 37.3 Å².